The molecule has 1 aromatic carbocycles. The van der Waals surface area contributed by atoms with Crippen LogP contribution in [0.1, 0.15) is 24.2 Å². The molecule has 7 heteroatoms. The number of hydrogen-bond acceptors (Lipinski definition) is 4. The van der Waals surface area contributed by atoms with E-state index in [-0.39, 0.29) is 24.2 Å². The van der Waals surface area contributed by atoms with Gasteiger partial charge in [-0.15, -0.1) is 0 Å². The third-order valence-corrected chi connectivity index (χ3v) is 4.28. The fourth-order valence-electron chi connectivity index (χ4n) is 3.08. The highest BCUT2D eigenvalue weighted by Gasteiger charge is 2.31. The fraction of sp³-hybridized carbons (Fsp3) is 0.444. The number of ether oxygens (including phenoxy) is 2. The minimum atomic E-state index is -0.337. The lowest BCUT2D eigenvalue weighted by Crippen LogP contribution is -2.42. The first-order chi connectivity index (χ1) is 12.1. The summed E-state index contributed by atoms with van der Waals surface area (Å²) < 4.78 is 26.0. The number of fused-ring (bicyclic) bond motifs is 1. The van der Waals surface area contributed by atoms with Gasteiger partial charge in [-0.1, -0.05) is 0 Å². The van der Waals surface area contributed by atoms with Crippen molar-refractivity contribution in [1.29, 1.82) is 0 Å². The zero-order chi connectivity index (χ0) is 17.8. The van der Waals surface area contributed by atoms with Crippen LogP contribution in [-0.4, -0.2) is 46.7 Å². The molecule has 134 valence electrons. The first kappa shape index (κ1) is 17.4. The van der Waals surface area contributed by atoms with Crippen molar-refractivity contribution in [3.63, 3.8) is 0 Å². The zero-order valence-corrected chi connectivity index (χ0v) is 14.4. The second kappa shape index (κ2) is 7.65. The normalized spacial score (nSPS) is 16.6. The van der Waals surface area contributed by atoms with E-state index in [1.807, 2.05) is 18.5 Å². The van der Waals surface area contributed by atoms with Gasteiger partial charge in [0.1, 0.15) is 11.6 Å². The molecule has 2 heterocycles. The Morgan fingerprint density at radius 1 is 1.36 bits per heavy atom. The highest BCUT2D eigenvalue weighted by molar-refractivity contribution is 5.78. The topological polar surface area (TPSA) is 56.6 Å². The van der Waals surface area contributed by atoms with Gasteiger partial charge >= 0.3 is 0 Å². The highest BCUT2D eigenvalue weighted by atomic mass is 19.1. The molecule has 0 fully saturated rings. The molecule has 1 atom stereocenters. The predicted octanol–water partition coefficient (Wildman–Crippen LogP) is 2.10. The molecule has 6 nitrogen and oxygen atoms in total. The molecule has 0 saturated heterocycles. The first-order valence-electron chi connectivity index (χ1n) is 8.32. The van der Waals surface area contributed by atoms with Crippen LogP contribution in [-0.2, 0) is 23.1 Å². The maximum Gasteiger partial charge on any atom is 0.260 e. The molecule has 25 heavy (non-hydrogen) atoms. The number of amides is 1. The third-order valence-electron chi connectivity index (χ3n) is 4.28. The van der Waals surface area contributed by atoms with Crippen molar-refractivity contribution in [3.8, 4) is 5.75 Å². The van der Waals surface area contributed by atoms with Crippen molar-refractivity contribution in [2.24, 2.45) is 7.05 Å². The number of nitrogens with zero attached hydrogens (tertiary/aromatic N) is 3. The molecular formula is C18H22FN3O3. The van der Waals surface area contributed by atoms with Gasteiger partial charge in [0, 0.05) is 31.8 Å². The number of imidazole rings is 1. The average Bonchev–Trinajstić information content (AvgIpc) is 3.00. The van der Waals surface area contributed by atoms with Crippen molar-refractivity contribution in [1.82, 2.24) is 14.5 Å². The van der Waals surface area contributed by atoms with E-state index < -0.39 is 0 Å². The maximum atomic E-state index is 12.9. The van der Waals surface area contributed by atoms with Crippen molar-refractivity contribution in [3.05, 3.63) is 47.8 Å². The van der Waals surface area contributed by atoms with Crippen LogP contribution in [0.3, 0.4) is 0 Å². The number of aryl methyl sites for hydroxylation is 1. The molecule has 0 bridgehead atoms. The molecule has 1 amide bonds. The standard InChI is InChI=1S/C18H22FN3O3/c1-3-24-10-13-8-22(9-16-18(13)21(2)12-20-16)17(23)11-25-15-6-4-14(19)5-7-15/h4-7,12-13H,3,8-11H2,1-2H3/t13-/m1/s1. The van der Waals surface area contributed by atoms with E-state index in [1.54, 1.807) is 11.2 Å². The number of halogens is 1. The maximum absolute atomic E-state index is 12.9. The lowest BCUT2D eigenvalue weighted by Gasteiger charge is -2.32. The van der Waals surface area contributed by atoms with Crippen molar-refractivity contribution in [2.45, 2.75) is 19.4 Å². The summed E-state index contributed by atoms with van der Waals surface area (Å²) in [7, 11) is 1.96. The average molecular weight is 347 g/mol. The van der Waals surface area contributed by atoms with Crippen LogP contribution < -0.4 is 4.74 Å². The van der Waals surface area contributed by atoms with E-state index in [0.717, 1.165) is 11.4 Å². The van der Waals surface area contributed by atoms with E-state index in [1.165, 1.54) is 24.3 Å². The summed E-state index contributed by atoms with van der Waals surface area (Å²) in [5.74, 6) is 0.0976. The monoisotopic (exact) mass is 347 g/mol. The van der Waals surface area contributed by atoms with Gasteiger partial charge in [-0.3, -0.25) is 4.79 Å². The molecule has 0 unspecified atom stereocenters. The summed E-state index contributed by atoms with van der Waals surface area (Å²) in [6, 6.07) is 5.62. The predicted molar refractivity (Wildman–Crippen MR) is 89.8 cm³/mol. The van der Waals surface area contributed by atoms with Crippen LogP contribution >= 0.6 is 0 Å². The second-order valence-electron chi connectivity index (χ2n) is 6.06. The quantitative estimate of drug-likeness (QED) is 0.803. The number of carbonyl (C=O) groups excluding carboxylic acids is 1. The summed E-state index contributed by atoms with van der Waals surface area (Å²) in [4.78, 5) is 18.7. The van der Waals surface area contributed by atoms with E-state index in [9.17, 15) is 9.18 Å². The van der Waals surface area contributed by atoms with Gasteiger partial charge in [-0.25, -0.2) is 9.37 Å². The van der Waals surface area contributed by atoms with Crippen molar-refractivity contribution >= 4 is 5.91 Å². The van der Waals surface area contributed by atoms with Gasteiger partial charge in [-0.2, -0.15) is 0 Å². The number of rotatable bonds is 6. The van der Waals surface area contributed by atoms with Gasteiger partial charge in [-0.05, 0) is 31.2 Å². The van der Waals surface area contributed by atoms with E-state index in [0.29, 0.717) is 32.1 Å². The summed E-state index contributed by atoms with van der Waals surface area (Å²) in [5.41, 5.74) is 2.02. The lowest BCUT2D eigenvalue weighted by atomic mass is 9.99. The van der Waals surface area contributed by atoms with Gasteiger partial charge in [0.15, 0.2) is 6.61 Å². The Balaban J connectivity index is 1.65. The molecule has 1 aromatic heterocycles. The Bertz CT molecular complexity index is 730. The van der Waals surface area contributed by atoms with Crippen LogP contribution in [0.15, 0.2) is 30.6 Å². The van der Waals surface area contributed by atoms with Crippen molar-refractivity contribution in [2.75, 3.05) is 26.4 Å². The fourth-order valence-corrected chi connectivity index (χ4v) is 3.08. The van der Waals surface area contributed by atoms with Gasteiger partial charge in [0.2, 0.25) is 0 Å². The Hall–Kier alpha value is -2.41. The molecule has 0 radical (unpaired) electrons. The molecule has 0 N–H and O–H groups in total. The van der Waals surface area contributed by atoms with E-state index in [2.05, 4.69) is 4.98 Å². The number of benzene rings is 1. The van der Waals surface area contributed by atoms with Gasteiger partial charge < -0.3 is 18.9 Å². The van der Waals surface area contributed by atoms with Crippen LogP contribution in [0, 0.1) is 5.82 Å². The van der Waals surface area contributed by atoms with Gasteiger partial charge in [0.25, 0.3) is 5.91 Å². The second-order valence-corrected chi connectivity index (χ2v) is 6.06. The van der Waals surface area contributed by atoms with Crippen LogP contribution in [0.5, 0.6) is 5.75 Å². The first-order valence-corrected chi connectivity index (χ1v) is 8.32. The molecule has 3 rings (SSSR count). The Labute approximate surface area is 146 Å². The van der Waals surface area contributed by atoms with Crippen molar-refractivity contribution < 1.29 is 18.7 Å². The summed E-state index contributed by atoms with van der Waals surface area (Å²) in [5, 5.41) is 0. The summed E-state index contributed by atoms with van der Waals surface area (Å²) >= 11 is 0. The third kappa shape index (κ3) is 3.99. The molecule has 1 aliphatic heterocycles. The molecule has 1 aliphatic rings. The smallest absolute Gasteiger partial charge is 0.260 e. The summed E-state index contributed by atoms with van der Waals surface area (Å²) in [6.07, 6.45) is 1.77. The van der Waals surface area contributed by atoms with Crippen LogP contribution in [0.2, 0.25) is 0 Å². The zero-order valence-electron chi connectivity index (χ0n) is 14.4. The Morgan fingerprint density at radius 2 is 2.12 bits per heavy atom. The van der Waals surface area contributed by atoms with Gasteiger partial charge in [0.05, 0.1) is 25.2 Å². The lowest BCUT2D eigenvalue weighted by molar-refractivity contribution is -0.135. The SMILES string of the molecule is CCOC[C@H]1CN(C(=O)COc2ccc(F)cc2)Cc2ncn(C)c21. The van der Waals surface area contributed by atoms with E-state index >= 15 is 0 Å². The number of hydrogen-bond donors (Lipinski definition) is 0. The summed E-state index contributed by atoms with van der Waals surface area (Å²) in [6.45, 7) is 4.07. The molecule has 0 spiro atoms. The van der Waals surface area contributed by atoms with Crippen LogP contribution in [0.25, 0.3) is 0 Å². The van der Waals surface area contributed by atoms with E-state index in [4.69, 9.17) is 9.47 Å². The highest BCUT2D eigenvalue weighted by Crippen LogP contribution is 2.27. The minimum Gasteiger partial charge on any atom is -0.484 e. The largest absolute Gasteiger partial charge is 0.484 e. The van der Waals surface area contributed by atoms with Crippen LogP contribution in [0.4, 0.5) is 4.39 Å². The molecular weight excluding hydrogens is 325 g/mol. The number of carbonyl (C=O) groups is 1. The molecule has 2 aromatic rings. The Morgan fingerprint density at radius 3 is 2.84 bits per heavy atom. The molecule has 0 saturated carbocycles. The molecule has 0 aliphatic carbocycles. The number of aromatic nitrogens is 2. The minimum absolute atomic E-state index is 0.0881. The Kier molecular flexibility index (Phi) is 5.33.